The van der Waals surface area contributed by atoms with E-state index >= 15 is 0 Å². The SMILES string of the molecule is CCCCN(CCO)Cc1cccc(Cl)c1. The quantitative estimate of drug-likeness (QED) is 0.794. The first-order chi connectivity index (χ1) is 7.76. The summed E-state index contributed by atoms with van der Waals surface area (Å²) in [7, 11) is 0. The molecule has 0 saturated heterocycles. The van der Waals surface area contributed by atoms with Gasteiger partial charge in [-0.2, -0.15) is 0 Å². The smallest absolute Gasteiger partial charge is 0.0558 e. The Morgan fingerprint density at radius 1 is 1.31 bits per heavy atom. The molecule has 1 N–H and O–H groups in total. The van der Waals surface area contributed by atoms with Crippen LogP contribution in [0.5, 0.6) is 0 Å². The van der Waals surface area contributed by atoms with Crippen LogP contribution < -0.4 is 0 Å². The summed E-state index contributed by atoms with van der Waals surface area (Å²) in [5.74, 6) is 0. The van der Waals surface area contributed by atoms with Crippen molar-refractivity contribution >= 4 is 11.6 Å². The Labute approximate surface area is 103 Å². The predicted molar refractivity (Wildman–Crippen MR) is 68.7 cm³/mol. The maximum atomic E-state index is 9.00. The van der Waals surface area contributed by atoms with Gasteiger partial charge in [0.25, 0.3) is 0 Å². The van der Waals surface area contributed by atoms with E-state index in [0.717, 1.165) is 24.7 Å². The van der Waals surface area contributed by atoms with Gasteiger partial charge in [-0.25, -0.2) is 0 Å². The van der Waals surface area contributed by atoms with Gasteiger partial charge in [0.2, 0.25) is 0 Å². The van der Waals surface area contributed by atoms with Gasteiger partial charge in [-0.3, -0.25) is 4.90 Å². The van der Waals surface area contributed by atoms with Crippen molar-refractivity contribution in [3.63, 3.8) is 0 Å². The van der Waals surface area contributed by atoms with E-state index in [9.17, 15) is 0 Å². The Morgan fingerprint density at radius 2 is 2.12 bits per heavy atom. The van der Waals surface area contributed by atoms with Gasteiger partial charge in [0.05, 0.1) is 6.61 Å². The summed E-state index contributed by atoms with van der Waals surface area (Å²) in [5, 5.41) is 9.78. The first-order valence-corrected chi connectivity index (χ1v) is 6.21. The zero-order chi connectivity index (χ0) is 11.8. The molecule has 0 spiro atoms. The van der Waals surface area contributed by atoms with Crippen molar-refractivity contribution in [2.24, 2.45) is 0 Å². The Balaban J connectivity index is 2.52. The second kappa shape index (κ2) is 7.66. The highest BCUT2D eigenvalue weighted by Gasteiger charge is 2.04. The molecule has 0 amide bonds. The largest absolute Gasteiger partial charge is 0.395 e. The molecule has 0 bridgehead atoms. The standard InChI is InChI=1S/C13H20ClNO/c1-2-3-7-15(8-9-16)11-12-5-4-6-13(14)10-12/h4-6,10,16H,2-3,7-9,11H2,1H3. The summed E-state index contributed by atoms with van der Waals surface area (Å²) in [5.41, 5.74) is 1.21. The number of hydrogen-bond acceptors (Lipinski definition) is 2. The van der Waals surface area contributed by atoms with Crippen LogP contribution in [0, 0.1) is 0 Å². The molecule has 0 aliphatic heterocycles. The number of unbranched alkanes of at least 4 members (excludes halogenated alkanes) is 1. The maximum absolute atomic E-state index is 9.00. The number of benzene rings is 1. The van der Waals surface area contributed by atoms with Gasteiger partial charge in [-0.15, -0.1) is 0 Å². The fourth-order valence-electron chi connectivity index (χ4n) is 1.69. The molecule has 0 atom stereocenters. The topological polar surface area (TPSA) is 23.5 Å². The molecule has 0 aromatic heterocycles. The van der Waals surface area contributed by atoms with Crippen LogP contribution in [0.4, 0.5) is 0 Å². The third kappa shape index (κ3) is 4.97. The third-order valence-electron chi connectivity index (χ3n) is 2.54. The lowest BCUT2D eigenvalue weighted by molar-refractivity contribution is 0.188. The van der Waals surface area contributed by atoms with E-state index in [-0.39, 0.29) is 6.61 Å². The summed E-state index contributed by atoms with van der Waals surface area (Å²) >= 11 is 5.94. The van der Waals surface area contributed by atoms with Crippen LogP contribution in [0.25, 0.3) is 0 Å². The fourth-order valence-corrected chi connectivity index (χ4v) is 1.90. The van der Waals surface area contributed by atoms with Crippen molar-refractivity contribution in [2.45, 2.75) is 26.3 Å². The zero-order valence-corrected chi connectivity index (χ0v) is 10.6. The minimum atomic E-state index is 0.213. The molecule has 1 rings (SSSR count). The molecule has 90 valence electrons. The Bertz CT molecular complexity index is 304. The van der Waals surface area contributed by atoms with Crippen molar-refractivity contribution in [2.75, 3.05) is 19.7 Å². The molecular formula is C13H20ClNO. The normalized spacial score (nSPS) is 11.0. The van der Waals surface area contributed by atoms with Gasteiger partial charge in [0, 0.05) is 18.1 Å². The van der Waals surface area contributed by atoms with Crippen LogP contribution in [0.3, 0.4) is 0 Å². The van der Waals surface area contributed by atoms with E-state index in [2.05, 4.69) is 17.9 Å². The van der Waals surface area contributed by atoms with E-state index in [0.29, 0.717) is 0 Å². The van der Waals surface area contributed by atoms with Crippen LogP contribution in [0.15, 0.2) is 24.3 Å². The summed E-state index contributed by atoms with van der Waals surface area (Å²) in [4.78, 5) is 2.26. The molecule has 0 saturated carbocycles. The van der Waals surface area contributed by atoms with E-state index in [1.807, 2.05) is 18.2 Å². The van der Waals surface area contributed by atoms with Crippen LogP contribution in [0.2, 0.25) is 5.02 Å². The molecule has 0 unspecified atom stereocenters. The molecule has 1 aromatic rings. The van der Waals surface area contributed by atoms with E-state index in [4.69, 9.17) is 16.7 Å². The number of aliphatic hydroxyl groups excluding tert-OH is 1. The van der Waals surface area contributed by atoms with Crippen molar-refractivity contribution in [3.8, 4) is 0 Å². The number of nitrogens with zero attached hydrogens (tertiary/aromatic N) is 1. The van der Waals surface area contributed by atoms with Crippen molar-refractivity contribution in [1.82, 2.24) is 4.90 Å². The van der Waals surface area contributed by atoms with Gasteiger partial charge >= 0.3 is 0 Å². The van der Waals surface area contributed by atoms with Crippen LogP contribution in [0.1, 0.15) is 25.3 Å². The number of aliphatic hydroxyl groups is 1. The monoisotopic (exact) mass is 241 g/mol. The van der Waals surface area contributed by atoms with Crippen LogP contribution in [-0.4, -0.2) is 29.7 Å². The van der Waals surface area contributed by atoms with Gasteiger partial charge < -0.3 is 5.11 Å². The van der Waals surface area contributed by atoms with Gasteiger partial charge in [-0.1, -0.05) is 37.1 Å². The molecule has 0 heterocycles. The van der Waals surface area contributed by atoms with Crippen LogP contribution in [-0.2, 0) is 6.54 Å². The van der Waals surface area contributed by atoms with E-state index in [1.165, 1.54) is 18.4 Å². The molecule has 0 aliphatic rings. The second-order valence-electron chi connectivity index (χ2n) is 3.98. The third-order valence-corrected chi connectivity index (χ3v) is 2.77. The Kier molecular flexibility index (Phi) is 6.46. The molecule has 0 aliphatic carbocycles. The lowest BCUT2D eigenvalue weighted by atomic mass is 10.2. The lowest BCUT2D eigenvalue weighted by Gasteiger charge is -2.21. The van der Waals surface area contributed by atoms with Gasteiger partial charge in [-0.05, 0) is 30.7 Å². The Morgan fingerprint density at radius 3 is 2.75 bits per heavy atom. The molecule has 1 aromatic carbocycles. The first kappa shape index (κ1) is 13.5. The van der Waals surface area contributed by atoms with Crippen molar-refractivity contribution in [1.29, 1.82) is 0 Å². The first-order valence-electron chi connectivity index (χ1n) is 5.84. The minimum absolute atomic E-state index is 0.213. The summed E-state index contributed by atoms with van der Waals surface area (Å²) in [6.07, 6.45) is 2.35. The predicted octanol–water partition coefficient (Wildman–Crippen LogP) is 2.93. The zero-order valence-electron chi connectivity index (χ0n) is 9.82. The van der Waals surface area contributed by atoms with Gasteiger partial charge in [0.15, 0.2) is 0 Å². The van der Waals surface area contributed by atoms with Crippen LogP contribution >= 0.6 is 11.6 Å². The lowest BCUT2D eigenvalue weighted by Crippen LogP contribution is -2.27. The van der Waals surface area contributed by atoms with Gasteiger partial charge in [0.1, 0.15) is 0 Å². The molecule has 0 fully saturated rings. The number of halogens is 1. The summed E-state index contributed by atoms with van der Waals surface area (Å²) in [6, 6.07) is 7.90. The average molecular weight is 242 g/mol. The Hall–Kier alpha value is -0.570. The molecule has 0 radical (unpaired) electrons. The maximum Gasteiger partial charge on any atom is 0.0558 e. The molecule has 2 nitrogen and oxygen atoms in total. The molecular weight excluding hydrogens is 222 g/mol. The van der Waals surface area contributed by atoms with E-state index in [1.54, 1.807) is 0 Å². The minimum Gasteiger partial charge on any atom is -0.395 e. The number of hydrogen-bond donors (Lipinski definition) is 1. The average Bonchev–Trinajstić information content (AvgIpc) is 2.26. The fraction of sp³-hybridized carbons (Fsp3) is 0.538. The molecule has 16 heavy (non-hydrogen) atoms. The highest BCUT2D eigenvalue weighted by Crippen LogP contribution is 2.12. The van der Waals surface area contributed by atoms with Crippen molar-refractivity contribution in [3.05, 3.63) is 34.9 Å². The van der Waals surface area contributed by atoms with E-state index < -0.39 is 0 Å². The highest BCUT2D eigenvalue weighted by molar-refractivity contribution is 6.30. The van der Waals surface area contributed by atoms with Crippen molar-refractivity contribution < 1.29 is 5.11 Å². The molecule has 3 heteroatoms. The highest BCUT2D eigenvalue weighted by atomic mass is 35.5. The number of rotatable bonds is 7. The summed E-state index contributed by atoms with van der Waals surface area (Å²) < 4.78 is 0. The summed E-state index contributed by atoms with van der Waals surface area (Å²) in [6.45, 7) is 5.01. The second-order valence-corrected chi connectivity index (χ2v) is 4.42.